The van der Waals surface area contributed by atoms with Gasteiger partial charge in [-0.05, 0) is 23.6 Å². The summed E-state index contributed by atoms with van der Waals surface area (Å²) in [7, 11) is -0.647. The van der Waals surface area contributed by atoms with Gasteiger partial charge in [-0.15, -0.1) is 0 Å². The van der Waals surface area contributed by atoms with Gasteiger partial charge in [-0.2, -0.15) is 0 Å². The van der Waals surface area contributed by atoms with Gasteiger partial charge in [0, 0.05) is 33.6 Å². The minimum Gasteiger partial charge on any atom is -0.338 e. The zero-order valence-electron chi connectivity index (χ0n) is 12.9. The van der Waals surface area contributed by atoms with Crippen molar-refractivity contribution < 1.29 is 22.0 Å². The number of sulfonamides is 1. The van der Waals surface area contributed by atoms with E-state index in [-0.39, 0.29) is 24.4 Å². The lowest BCUT2D eigenvalue weighted by molar-refractivity contribution is -0.135. The summed E-state index contributed by atoms with van der Waals surface area (Å²) in [4.78, 5) is 13.7. The number of halogens is 2. The van der Waals surface area contributed by atoms with Gasteiger partial charge < -0.3 is 4.90 Å². The number of benzene rings is 1. The normalized spacial score (nSPS) is 22.8. The molecule has 2 aliphatic rings. The average molecular weight is 344 g/mol. The summed E-state index contributed by atoms with van der Waals surface area (Å²) in [6.45, 7) is 0.440. The van der Waals surface area contributed by atoms with E-state index in [1.807, 2.05) is 0 Å². The quantitative estimate of drug-likeness (QED) is 0.834. The molecule has 1 aromatic rings. The van der Waals surface area contributed by atoms with Gasteiger partial charge in [-0.25, -0.2) is 21.5 Å². The van der Waals surface area contributed by atoms with Crippen molar-refractivity contribution in [2.24, 2.45) is 5.92 Å². The fourth-order valence-electron chi connectivity index (χ4n) is 2.90. The highest BCUT2D eigenvalue weighted by Crippen LogP contribution is 2.49. The van der Waals surface area contributed by atoms with Gasteiger partial charge in [0.25, 0.3) is 5.92 Å². The first-order chi connectivity index (χ1) is 10.6. The lowest BCUT2D eigenvalue weighted by Gasteiger charge is -2.30. The van der Waals surface area contributed by atoms with Gasteiger partial charge in [0.15, 0.2) is 0 Å². The molecule has 1 atom stereocenters. The largest absolute Gasteiger partial charge is 0.338 e. The van der Waals surface area contributed by atoms with E-state index in [9.17, 15) is 22.0 Å². The number of carbonyl (C=O) groups is 1. The van der Waals surface area contributed by atoms with E-state index >= 15 is 0 Å². The summed E-state index contributed by atoms with van der Waals surface area (Å²) in [5, 5.41) is 0. The molecule has 1 saturated carbocycles. The molecule has 1 amide bonds. The van der Waals surface area contributed by atoms with Crippen LogP contribution in [0.25, 0.3) is 0 Å². The van der Waals surface area contributed by atoms with Crippen LogP contribution in [-0.4, -0.2) is 50.1 Å². The first-order valence-corrected chi connectivity index (χ1v) is 8.78. The Hall–Kier alpha value is -1.54. The van der Waals surface area contributed by atoms with Crippen LogP contribution in [0.5, 0.6) is 0 Å². The van der Waals surface area contributed by atoms with Crippen LogP contribution in [-0.2, 0) is 27.8 Å². The van der Waals surface area contributed by atoms with Gasteiger partial charge in [-0.3, -0.25) is 4.79 Å². The number of rotatable bonds is 3. The van der Waals surface area contributed by atoms with Gasteiger partial charge in [0.2, 0.25) is 15.9 Å². The average Bonchev–Trinajstić information content (AvgIpc) is 3.13. The van der Waals surface area contributed by atoms with Gasteiger partial charge >= 0.3 is 0 Å². The highest BCUT2D eigenvalue weighted by Gasteiger charge is 2.62. The van der Waals surface area contributed by atoms with Crippen LogP contribution < -0.4 is 0 Å². The van der Waals surface area contributed by atoms with E-state index in [2.05, 4.69) is 0 Å². The van der Waals surface area contributed by atoms with Crippen molar-refractivity contribution in [3.63, 3.8) is 0 Å². The number of fused-ring (bicyclic) bond motifs is 1. The first-order valence-electron chi connectivity index (χ1n) is 7.34. The molecule has 0 aromatic heterocycles. The summed E-state index contributed by atoms with van der Waals surface area (Å²) in [5.74, 6) is -4.63. The molecule has 0 radical (unpaired) electrons. The van der Waals surface area contributed by atoms with Crippen LogP contribution in [0.15, 0.2) is 23.1 Å². The predicted molar refractivity (Wildman–Crippen MR) is 79.5 cm³/mol. The van der Waals surface area contributed by atoms with Crippen LogP contribution in [0.1, 0.15) is 17.5 Å². The van der Waals surface area contributed by atoms with Crippen LogP contribution in [0.3, 0.4) is 0 Å². The molecule has 126 valence electrons. The van der Waals surface area contributed by atoms with Gasteiger partial charge in [0.1, 0.15) is 5.92 Å². The molecule has 0 spiro atoms. The van der Waals surface area contributed by atoms with E-state index in [4.69, 9.17) is 0 Å². The monoisotopic (exact) mass is 344 g/mol. The van der Waals surface area contributed by atoms with Crippen molar-refractivity contribution in [2.75, 3.05) is 20.6 Å². The summed E-state index contributed by atoms with van der Waals surface area (Å²) >= 11 is 0. The smallest absolute Gasteiger partial charge is 0.260 e. The van der Waals surface area contributed by atoms with Crippen molar-refractivity contribution >= 4 is 15.9 Å². The fourth-order valence-corrected chi connectivity index (χ4v) is 4.09. The Morgan fingerprint density at radius 3 is 2.57 bits per heavy atom. The molecule has 1 unspecified atom stereocenters. The Morgan fingerprint density at radius 1 is 1.35 bits per heavy atom. The zero-order chi connectivity index (χ0) is 17.0. The summed E-state index contributed by atoms with van der Waals surface area (Å²) in [6.07, 6.45) is -0.0349. The number of carbonyl (C=O) groups excluding carboxylic acids is 1. The molecular formula is C15H18F2N2O3S. The summed E-state index contributed by atoms with van der Waals surface area (Å²) in [5.41, 5.74) is 1.38. The van der Waals surface area contributed by atoms with Crippen LogP contribution in [0, 0.1) is 5.92 Å². The van der Waals surface area contributed by atoms with Crippen molar-refractivity contribution in [3.8, 4) is 0 Å². The Bertz CT molecular complexity index is 762. The molecule has 3 rings (SSSR count). The SMILES string of the molecule is CN(C)S(=O)(=O)c1cccc2c1CCN(C(=O)C1CC1(F)F)C2. The molecule has 1 aliphatic heterocycles. The number of hydrogen-bond acceptors (Lipinski definition) is 3. The van der Waals surface area contributed by atoms with Crippen LogP contribution in [0.2, 0.25) is 0 Å². The van der Waals surface area contributed by atoms with Crippen molar-refractivity contribution in [1.29, 1.82) is 0 Å². The summed E-state index contributed by atoms with van der Waals surface area (Å²) in [6, 6.07) is 4.91. The number of hydrogen-bond donors (Lipinski definition) is 0. The lowest BCUT2D eigenvalue weighted by atomic mass is 9.99. The molecule has 8 heteroatoms. The third kappa shape index (κ3) is 2.74. The highest BCUT2D eigenvalue weighted by atomic mass is 32.2. The molecule has 1 fully saturated rings. The molecule has 1 aromatic carbocycles. The second-order valence-corrected chi connectivity index (χ2v) is 8.33. The van der Waals surface area contributed by atoms with E-state index in [1.54, 1.807) is 18.2 Å². The molecule has 1 heterocycles. The molecule has 1 aliphatic carbocycles. The van der Waals surface area contributed by atoms with E-state index in [0.717, 1.165) is 4.31 Å². The maximum absolute atomic E-state index is 13.1. The number of amides is 1. The van der Waals surface area contributed by atoms with Crippen molar-refractivity contribution in [2.45, 2.75) is 30.2 Å². The van der Waals surface area contributed by atoms with Crippen LogP contribution in [0.4, 0.5) is 8.78 Å². The highest BCUT2D eigenvalue weighted by molar-refractivity contribution is 7.89. The van der Waals surface area contributed by atoms with E-state index in [1.165, 1.54) is 19.0 Å². The van der Waals surface area contributed by atoms with Gasteiger partial charge in [-0.1, -0.05) is 12.1 Å². The predicted octanol–water partition coefficient (Wildman–Crippen LogP) is 1.48. The zero-order valence-corrected chi connectivity index (χ0v) is 13.7. The Balaban J connectivity index is 1.87. The fraction of sp³-hybridized carbons (Fsp3) is 0.533. The Labute approximate surface area is 133 Å². The minimum absolute atomic E-state index is 0.178. The first kappa shape index (κ1) is 16.3. The molecule has 0 saturated heterocycles. The molecular weight excluding hydrogens is 326 g/mol. The second-order valence-electron chi connectivity index (χ2n) is 6.21. The Morgan fingerprint density at radius 2 is 2.00 bits per heavy atom. The van der Waals surface area contributed by atoms with Gasteiger partial charge in [0.05, 0.1) is 4.90 Å². The molecule has 0 N–H and O–H groups in total. The number of nitrogens with zero attached hydrogens (tertiary/aromatic N) is 2. The third-order valence-corrected chi connectivity index (χ3v) is 6.32. The standard InChI is InChI=1S/C15H18F2N2O3S/c1-18(2)23(21,22)13-5-3-4-10-9-19(7-6-11(10)13)14(20)12-8-15(12,16)17/h3-5,12H,6-9H2,1-2H3. The molecule has 0 bridgehead atoms. The second kappa shape index (κ2) is 5.24. The van der Waals surface area contributed by atoms with Crippen LogP contribution >= 0.6 is 0 Å². The maximum Gasteiger partial charge on any atom is 0.260 e. The number of alkyl halides is 2. The maximum atomic E-state index is 13.1. The minimum atomic E-state index is -3.57. The molecule has 23 heavy (non-hydrogen) atoms. The molecule has 5 nitrogen and oxygen atoms in total. The van der Waals surface area contributed by atoms with Crippen molar-refractivity contribution in [1.82, 2.24) is 9.21 Å². The Kier molecular flexibility index (Phi) is 3.72. The third-order valence-electron chi connectivity index (χ3n) is 4.42. The topological polar surface area (TPSA) is 57.7 Å². The lowest BCUT2D eigenvalue weighted by Crippen LogP contribution is -2.38. The van der Waals surface area contributed by atoms with E-state index < -0.39 is 27.8 Å². The van der Waals surface area contributed by atoms with Crippen molar-refractivity contribution in [3.05, 3.63) is 29.3 Å². The van der Waals surface area contributed by atoms with E-state index in [0.29, 0.717) is 17.5 Å². The summed E-state index contributed by atoms with van der Waals surface area (Å²) < 4.78 is 52.0.